The maximum absolute atomic E-state index is 10.3. The highest BCUT2D eigenvalue weighted by Gasteiger charge is 2.79. The van der Waals surface area contributed by atoms with Crippen molar-refractivity contribution in [1.29, 1.82) is 21.2 Å². The summed E-state index contributed by atoms with van der Waals surface area (Å²) in [6, 6.07) is 18.6. The van der Waals surface area contributed by atoms with Gasteiger partial charge in [-0.1, -0.05) is 54.4 Å². The zero-order valence-electron chi connectivity index (χ0n) is 17.2. The molecule has 0 spiro atoms. The van der Waals surface area contributed by atoms with Crippen molar-refractivity contribution in [2.45, 2.75) is 32.7 Å². The number of nitrogens with zero attached hydrogens (tertiary/aromatic N) is 3. The first kappa shape index (κ1) is 20.9. The van der Waals surface area contributed by atoms with Crippen LogP contribution in [0.3, 0.4) is 0 Å². The van der Waals surface area contributed by atoms with Crippen LogP contribution in [-0.2, 0) is 15.3 Å². The maximum atomic E-state index is 10.3. The minimum Gasteiger partial charge on any atom is -0.443 e. The van der Waals surface area contributed by atoms with Crippen LogP contribution in [0.15, 0.2) is 42.5 Å². The number of ether oxygens (including phenoxy) is 2. The van der Waals surface area contributed by atoms with E-state index in [1.54, 1.807) is 37.3 Å². The molecular weight excluding hydrogens is 412 g/mol. The molecule has 7 heteroatoms. The molecule has 1 N–H and O–H groups in total. The number of hydrogen-bond donors (Lipinski definition) is 1. The molecule has 154 valence electrons. The minimum absolute atomic E-state index is 0.437. The van der Waals surface area contributed by atoms with Crippen molar-refractivity contribution in [3.8, 4) is 18.2 Å². The first-order chi connectivity index (χ1) is 14.7. The van der Waals surface area contributed by atoms with E-state index in [-0.39, 0.29) is 0 Å². The Labute approximate surface area is 185 Å². The Morgan fingerprint density at radius 1 is 1.00 bits per heavy atom. The molecule has 2 saturated heterocycles. The summed E-state index contributed by atoms with van der Waals surface area (Å²) in [7, 11) is 0. The van der Waals surface area contributed by atoms with E-state index in [1.807, 2.05) is 26.0 Å². The van der Waals surface area contributed by atoms with Crippen LogP contribution >= 0.6 is 11.6 Å². The Morgan fingerprint density at radius 2 is 1.65 bits per heavy atom. The number of fused-ring (bicyclic) bond motifs is 2. The van der Waals surface area contributed by atoms with Gasteiger partial charge in [-0.25, -0.2) is 0 Å². The fourth-order valence-corrected chi connectivity index (χ4v) is 5.08. The number of halogens is 1. The molecular formula is C24H19ClN4O2. The van der Waals surface area contributed by atoms with Crippen LogP contribution in [0.5, 0.6) is 0 Å². The molecule has 2 bridgehead atoms. The Kier molecular flexibility index (Phi) is 4.60. The third-order valence-corrected chi connectivity index (χ3v) is 6.88. The molecule has 0 radical (unpaired) electrons. The number of hydrogen-bond acceptors (Lipinski definition) is 6. The van der Waals surface area contributed by atoms with Crippen LogP contribution < -0.4 is 0 Å². The van der Waals surface area contributed by atoms with Crippen LogP contribution in [0.25, 0.3) is 0 Å². The summed E-state index contributed by atoms with van der Waals surface area (Å²) in [6.07, 6.45) is -1.11. The molecule has 4 rings (SSSR count). The lowest BCUT2D eigenvalue weighted by Gasteiger charge is -2.49. The average molecular weight is 431 g/mol. The minimum atomic E-state index is -1.98. The van der Waals surface area contributed by atoms with Gasteiger partial charge in [0.1, 0.15) is 6.10 Å². The van der Waals surface area contributed by atoms with Gasteiger partial charge in [-0.15, -0.1) is 0 Å². The van der Waals surface area contributed by atoms with Crippen LogP contribution in [0, 0.1) is 70.0 Å². The van der Waals surface area contributed by atoms with Crippen LogP contribution in [0.2, 0.25) is 5.02 Å². The van der Waals surface area contributed by atoms with E-state index < -0.39 is 34.5 Å². The smallest absolute Gasteiger partial charge is 0.244 e. The first-order valence-electron chi connectivity index (χ1n) is 9.75. The summed E-state index contributed by atoms with van der Waals surface area (Å²) in [6.45, 7) is 5.49. The molecule has 0 amide bonds. The van der Waals surface area contributed by atoms with Crippen molar-refractivity contribution in [1.82, 2.24) is 0 Å². The van der Waals surface area contributed by atoms with Gasteiger partial charge < -0.3 is 9.47 Å². The van der Waals surface area contributed by atoms with E-state index in [0.717, 1.165) is 11.1 Å². The predicted octanol–water partition coefficient (Wildman–Crippen LogP) is 5.07. The third kappa shape index (κ3) is 2.42. The zero-order chi connectivity index (χ0) is 22.6. The van der Waals surface area contributed by atoms with Crippen molar-refractivity contribution in [2.75, 3.05) is 0 Å². The summed E-state index contributed by atoms with van der Waals surface area (Å²) in [5, 5.41) is 40.1. The molecule has 0 aliphatic carbocycles. The zero-order valence-corrected chi connectivity index (χ0v) is 18.0. The normalized spacial score (nSPS) is 30.5. The van der Waals surface area contributed by atoms with Crippen LogP contribution in [0.1, 0.15) is 35.3 Å². The first-order valence-corrected chi connectivity index (χ1v) is 10.1. The lowest BCUT2D eigenvalue weighted by atomic mass is 9.53. The third-order valence-electron chi connectivity index (χ3n) is 6.62. The molecule has 0 saturated carbocycles. The quantitative estimate of drug-likeness (QED) is 0.714. The van der Waals surface area contributed by atoms with Gasteiger partial charge in [0.2, 0.25) is 17.1 Å². The molecule has 2 aromatic carbocycles. The highest BCUT2D eigenvalue weighted by Crippen LogP contribution is 2.69. The van der Waals surface area contributed by atoms with E-state index in [1.165, 1.54) is 0 Å². The summed E-state index contributed by atoms with van der Waals surface area (Å²) < 4.78 is 12.5. The van der Waals surface area contributed by atoms with E-state index in [2.05, 4.69) is 18.2 Å². The van der Waals surface area contributed by atoms with Gasteiger partial charge in [0, 0.05) is 10.6 Å². The van der Waals surface area contributed by atoms with Crippen molar-refractivity contribution >= 4 is 17.5 Å². The second-order valence-electron chi connectivity index (χ2n) is 8.14. The topological polar surface area (TPSA) is 114 Å². The van der Waals surface area contributed by atoms with Crippen molar-refractivity contribution < 1.29 is 9.47 Å². The Bertz CT molecular complexity index is 1210. The molecule has 2 fully saturated rings. The number of benzene rings is 2. The molecule has 31 heavy (non-hydrogen) atoms. The van der Waals surface area contributed by atoms with Crippen molar-refractivity contribution in [3.05, 3.63) is 69.7 Å². The summed E-state index contributed by atoms with van der Waals surface area (Å²) >= 11 is 6.06. The maximum Gasteiger partial charge on any atom is 0.244 e. The number of nitrogens with one attached hydrogen (secondary N) is 1. The van der Waals surface area contributed by atoms with Gasteiger partial charge in [0.25, 0.3) is 0 Å². The second-order valence-corrected chi connectivity index (χ2v) is 8.57. The largest absolute Gasteiger partial charge is 0.443 e. The summed E-state index contributed by atoms with van der Waals surface area (Å²) in [5.74, 6) is -2.76. The molecule has 2 aliphatic rings. The lowest BCUT2D eigenvalue weighted by Crippen LogP contribution is -2.57. The predicted molar refractivity (Wildman–Crippen MR) is 113 cm³/mol. The molecule has 0 aromatic heterocycles. The Balaban J connectivity index is 2.06. The van der Waals surface area contributed by atoms with Crippen LogP contribution in [0.4, 0.5) is 0 Å². The molecule has 4 atom stereocenters. The van der Waals surface area contributed by atoms with E-state index in [4.69, 9.17) is 26.5 Å². The molecule has 2 aromatic rings. The van der Waals surface area contributed by atoms with E-state index in [0.29, 0.717) is 16.1 Å². The molecule has 2 aliphatic heterocycles. The number of rotatable bonds is 2. The molecule has 6 nitrogen and oxygen atoms in total. The second kappa shape index (κ2) is 6.82. The fraction of sp³-hybridized carbons (Fsp3) is 0.333. The Hall–Kier alpha value is -3.37. The summed E-state index contributed by atoms with van der Waals surface area (Å²) in [4.78, 5) is 0. The lowest BCUT2D eigenvalue weighted by molar-refractivity contribution is -0.288. The van der Waals surface area contributed by atoms with Crippen molar-refractivity contribution in [3.63, 3.8) is 0 Å². The van der Waals surface area contributed by atoms with Gasteiger partial charge >= 0.3 is 0 Å². The standard InChI is InChI=1S/C24H19ClN4O2/c1-14-4-9-19(15(2)10-14)20-22(11-26,12-27)23(13-28)16(3)24(30-20,31-21(23)29)17-5-7-18(25)8-6-17/h4-10,16,20,29H,1-3H3. The van der Waals surface area contributed by atoms with Gasteiger partial charge in [-0.2, -0.15) is 15.8 Å². The molecule has 2 heterocycles. The monoisotopic (exact) mass is 430 g/mol. The average Bonchev–Trinajstić information content (AvgIpc) is 2.91. The van der Waals surface area contributed by atoms with Gasteiger partial charge in [0.05, 0.1) is 24.1 Å². The van der Waals surface area contributed by atoms with Crippen molar-refractivity contribution in [2.24, 2.45) is 16.7 Å². The van der Waals surface area contributed by atoms with E-state index in [9.17, 15) is 15.8 Å². The highest BCUT2D eigenvalue weighted by molar-refractivity contribution is 6.30. The van der Waals surface area contributed by atoms with Crippen LogP contribution in [-0.4, -0.2) is 5.90 Å². The number of nitriles is 3. The van der Waals surface area contributed by atoms with E-state index >= 15 is 0 Å². The SMILES string of the molecule is Cc1ccc(C2OC3(c4ccc(Cl)cc4)OC(=N)C(C#N)(C3C)C2(C#N)C#N)c(C)c1. The van der Waals surface area contributed by atoms with Gasteiger partial charge in [-0.3, -0.25) is 5.41 Å². The van der Waals surface area contributed by atoms with Gasteiger partial charge in [0.15, 0.2) is 5.41 Å². The fourth-order valence-electron chi connectivity index (χ4n) is 4.95. The Morgan fingerprint density at radius 3 is 2.19 bits per heavy atom. The molecule has 4 unspecified atom stereocenters. The summed E-state index contributed by atoms with van der Waals surface area (Å²) in [5.41, 5.74) is -0.803. The van der Waals surface area contributed by atoms with Gasteiger partial charge in [-0.05, 0) is 37.1 Å². The highest BCUT2D eigenvalue weighted by atomic mass is 35.5. The number of aryl methyl sites for hydroxylation is 2.